The van der Waals surface area contributed by atoms with Crippen molar-refractivity contribution in [2.24, 2.45) is 0 Å². The van der Waals surface area contributed by atoms with Crippen molar-refractivity contribution in [2.75, 3.05) is 6.61 Å². The Bertz CT molecular complexity index is 157. The minimum Gasteiger partial charge on any atom is -0.259 e. The smallest absolute Gasteiger partial charge is 0.259 e. The topological polar surface area (TPSA) is 35.5 Å². The second kappa shape index (κ2) is 4.73. The van der Waals surface area contributed by atoms with Gasteiger partial charge in [-0.25, -0.2) is 8.57 Å². The van der Waals surface area contributed by atoms with Crippen LogP contribution in [0.3, 0.4) is 0 Å². The highest BCUT2D eigenvalue weighted by Crippen LogP contribution is 2.15. The van der Waals surface area contributed by atoms with E-state index in [1.54, 1.807) is 0 Å². The number of hydrogen-bond acceptors (Lipinski definition) is 3. The predicted molar refractivity (Wildman–Crippen MR) is 31.8 cm³/mol. The van der Waals surface area contributed by atoms with Gasteiger partial charge in [-0.3, -0.25) is 4.18 Å². The highest BCUT2D eigenvalue weighted by Gasteiger charge is 2.29. The van der Waals surface area contributed by atoms with Crippen LogP contribution in [0.15, 0.2) is 0 Å². The van der Waals surface area contributed by atoms with Gasteiger partial charge in [-0.05, 0) is 6.92 Å². The largest absolute Gasteiger partial charge is 0.413 e. The molecule has 0 N–H and O–H groups in total. The zero-order valence-electron chi connectivity index (χ0n) is 5.93. The van der Waals surface area contributed by atoms with Crippen molar-refractivity contribution in [3.05, 3.63) is 0 Å². The summed E-state index contributed by atoms with van der Waals surface area (Å²) in [5, 5.41) is 0. The minimum atomic E-state index is -4.60. The highest BCUT2D eigenvalue weighted by molar-refractivity contribution is 7.75. The van der Waals surface area contributed by atoms with Crippen LogP contribution in [-0.4, -0.2) is 23.3 Å². The third-order valence-corrected chi connectivity index (χ3v) is 1.26. The van der Waals surface area contributed by atoms with E-state index in [4.69, 9.17) is 0 Å². The molecule has 2 atom stereocenters. The van der Waals surface area contributed by atoms with Crippen molar-refractivity contribution < 1.29 is 30.1 Å². The summed E-state index contributed by atoms with van der Waals surface area (Å²) in [5.41, 5.74) is 0. The molecule has 0 rings (SSSR count). The van der Waals surface area contributed by atoms with E-state index in [2.05, 4.69) is 8.37 Å². The van der Waals surface area contributed by atoms with E-state index in [1.807, 2.05) is 0 Å². The molecule has 3 nitrogen and oxygen atoms in total. The minimum absolute atomic E-state index is 0.870. The van der Waals surface area contributed by atoms with Gasteiger partial charge in [0.05, 0.1) is 0 Å². The summed E-state index contributed by atoms with van der Waals surface area (Å²) >= 11 is -2.69. The molecule has 0 amide bonds. The fourth-order valence-electron chi connectivity index (χ4n) is 0.251. The van der Waals surface area contributed by atoms with Crippen LogP contribution in [0.25, 0.3) is 0 Å². The summed E-state index contributed by atoms with van der Waals surface area (Å²) < 4.78 is 63.4. The van der Waals surface area contributed by atoms with Crippen molar-refractivity contribution in [2.45, 2.75) is 19.5 Å². The number of hydrogen-bond donors (Lipinski definition) is 0. The second-order valence-electron chi connectivity index (χ2n) is 1.72. The summed E-state index contributed by atoms with van der Waals surface area (Å²) in [6.07, 6.45) is -6.53. The molecular formula is C4H6F4O3S. The Labute approximate surface area is 68.5 Å². The van der Waals surface area contributed by atoms with Gasteiger partial charge in [0, 0.05) is 0 Å². The Morgan fingerprint density at radius 3 is 2.33 bits per heavy atom. The van der Waals surface area contributed by atoms with Gasteiger partial charge in [-0.1, -0.05) is 0 Å². The van der Waals surface area contributed by atoms with Gasteiger partial charge in [0.15, 0.2) is 6.61 Å². The molecule has 0 aliphatic rings. The van der Waals surface area contributed by atoms with Crippen molar-refractivity contribution in [3.63, 3.8) is 0 Å². The Balaban J connectivity index is 3.58. The van der Waals surface area contributed by atoms with E-state index in [0.29, 0.717) is 0 Å². The second-order valence-corrected chi connectivity index (χ2v) is 2.56. The molecule has 2 unspecified atom stereocenters. The van der Waals surface area contributed by atoms with E-state index in [-0.39, 0.29) is 0 Å². The van der Waals surface area contributed by atoms with Crippen LogP contribution in [-0.2, 0) is 19.7 Å². The fourth-order valence-corrected chi connectivity index (χ4v) is 0.753. The normalized spacial score (nSPS) is 17.4. The summed E-state index contributed by atoms with van der Waals surface area (Å²) in [5.74, 6) is 0. The molecule has 0 saturated carbocycles. The van der Waals surface area contributed by atoms with Gasteiger partial charge in [0.1, 0.15) is 0 Å². The molecule has 0 saturated heterocycles. The first-order valence-corrected chi connectivity index (χ1v) is 3.74. The maximum atomic E-state index is 11.8. The molecule has 0 aromatic heterocycles. The molecule has 0 heterocycles. The van der Waals surface area contributed by atoms with Gasteiger partial charge >= 0.3 is 17.5 Å². The average molecular weight is 210 g/mol. The Kier molecular flexibility index (Phi) is 4.64. The summed E-state index contributed by atoms with van der Waals surface area (Å²) in [6.45, 7) is -0.860. The molecular weight excluding hydrogens is 204 g/mol. The van der Waals surface area contributed by atoms with E-state index in [1.165, 1.54) is 0 Å². The first-order valence-electron chi connectivity index (χ1n) is 2.74. The van der Waals surface area contributed by atoms with Crippen molar-refractivity contribution >= 4 is 11.4 Å². The summed E-state index contributed by atoms with van der Waals surface area (Å²) in [7, 11) is 0. The van der Waals surface area contributed by atoms with E-state index in [0.717, 1.165) is 6.92 Å². The molecule has 8 heteroatoms. The highest BCUT2D eigenvalue weighted by atomic mass is 32.2. The van der Waals surface area contributed by atoms with Crippen LogP contribution in [0, 0.1) is 0 Å². The molecule has 0 spiro atoms. The van der Waals surface area contributed by atoms with Crippen LogP contribution >= 0.6 is 0 Å². The van der Waals surface area contributed by atoms with Gasteiger partial charge in [0.2, 0.25) is 6.36 Å². The molecule has 12 heavy (non-hydrogen) atoms. The third kappa shape index (κ3) is 7.89. The summed E-state index contributed by atoms with van der Waals surface area (Å²) in [6, 6.07) is 0. The van der Waals surface area contributed by atoms with E-state index in [9.17, 15) is 21.8 Å². The summed E-state index contributed by atoms with van der Waals surface area (Å²) in [4.78, 5) is 0. The zero-order chi connectivity index (χ0) is 9.78. The lowest BCUT2D eigenvalue weighted by molar-refractivity contribution is -0.153. The average Bonchev–Trinajstić information content (AvgIpc) is 1.80. The number of alkyl halides is 4. The molecule has 0 bridgehead atoms. The number of rotatable bonds is 4. The Morgan fingerprint density at radius 1 is 1.50 bits per heavy atom. The van der Waals surface area contributed by atoms with Crippen LogP contribution in [0.4, 0.5) is 17.6 Å². The molecule has 0 aliphatic carbocycles. The maximum Gasteiger partial charge on any atom is 0.413 e. The van der Waals surface area contributed by atoms with E-state index >= 15 is 0 Å². The first-order chi connectivity index (χ1) is 5.31. The van der Waals surface area contributed by atoms with Gasteiger partial charge in [-0.15, -0.1) is 0 Å². The molecule has 0 radical (unpaired) electrons. The SMILES string of the molecule is CC(F)OS(=O)OCC(F)(F)F. The fraction of sp³-hybridized carbons (Fsp3) is 1.00. The van der Waals surface area contributed by atoms with Gasteiger partial charge in [0.25, 0.3) is 0 Å². The van der Waals surface area contributed by atoms with Crippen LogP contribution in [0.2, 0.25) is 0 Å². The van der Waals surface area contributed by atoms with Crippen molar-refractivity contribution in [1.82, 2.24) is 0 Å². The lowest BCUT2D eigenvalue weighted by atomic mass is 10.7. The van der Waals surface area contributed by atoms with E-state index < -0.39 is 30.5 Å². The van der Waals surface area contributed by atoms with Crippen molar-refractivity contribution in [3.8, 4) is 0 Å². The molecule has 0 aliphatic heterocycles. The van der Waals surface area contributed by atoms with Gasteiger partial charge < -0.3 is 0 Å². The van der Waals surface area contributed by atoms with Crippen LogP contribution < -0.4 is 0 Å². The predicted octanol–water partition coefficient (Wildman–Crippen LogP) is 1.48. The standard InChI is InChI=1S/C4H6F4O3S/c1-3(5)11-12(9)10-2-4(6,7)8/h3H,2H2,1H3. The lowest BCUT2D eigenvalue weighted by Gasteiger charge is -2.06. The van der Waals surface area contributed by atoms with Crippen LogP contribution in [0.5, 0.6) is 0 Å². The van der Waals surface area contributed by atoms with Gasteiger partial charge in [-0.2, -0.15) is 17.4 Å². The molecule has 0 fully saturated rings. The molecule has 0 aromatic rings. The van der Waals surface area contributed by atoms with Crippen LogP contribution in [0.1, 0.15) is 6.92 Å². The van der Waals surface area contributed by atoms with Crippen molar-refractivity contribution in [1.29, 1.82) is 0 Å². The third-order valence-electron chi connectivity index (χ3n) is 0.530. The monoisotopic (exact) mass is 210 g/mol. The molecule has 0 aromatic carbocycles. The Hall–Kier alpha value is -0.210. The number of halogens is 4. The lowest BCUT2D eigenvalue weighted by Crippen LogP contribution is -2.19. The zero-order valence-corrected chi connectivity index (χ0v) is 6.75. The Morgan fingerprint density at radius 2 is 2.00 bits per heavy atom. The quantitative estimate of drug-likeness (QED) is 0.659. The molecule has 74 valence electrons. The maximum absolute atomic E-state index is 11.8. The first kappa shape index (κ1) is 11.8.